The topological polar surface area (TPSA) is 67.2 Å². The molecule has 0 atom stereocenters. The zero-order valence-electron chi connectivity index (χ0n) is 11.1. The van der Waals surface area contributed by atoms with Crippen LogP contribution >= 0.6 is 0 Å². The molecule has 0 saturated heterocycles. The minimum absolute atomic E-state index is 0.0752. The van der Waals surface area contributed by atoms with E-state index in [9.17, 15) is 10.1 Å². The van der Waals surface area contributed by atoms with Gasteiger partial charge in [-0.25, -0.2) is 0 Å². The van der Waals surface area contributed by atoms with Gasteiger partial charge in [0, 0.05) is 12.1 Å². The Balaban J connectivity index is 1.72. The van der Waals surface area contributed by atoms with Crippen LogP contribution in [0.4, 0.5) is 17.1 Å². The largest absolute Gasteiger partial charge is 0.301 e. The minimum atomic E-state index is -0.416. The van der Waals surface area contributed by atoms with Gasteiger partial charge >= 0.3 is 0 Å². The summed E-state index contributed by atoms with van der Waals surface area (Å²) < 4.78 is 0. The van der Waals surface area contributed by atoms with Crippen molar-refractivity contribution in [3.63, 3.8) is 0 Å². The Labute approximate surface area is 121 Å². The van der Waals surface area contributed by atoms with Crippen molar-refractivity contribution in [3.8, 4) is 0 Å². The van der Waals surface area contributed by atoms with Gasteiger partial charge in [0.1, 0.15) is 0 Å². The van der Waals surface area contributed by atoms with E-state index in [-0.39, 0.29) is 5.69 Å². The number of nitro groups is 1. The van der Waals surface area contributed by atoms with E-state index < -0.39 is 4.92 Å². The van der Waals surface area contributed by atoms with Crippen LogP contribution in [-0.2, 0) is 0 Å². The van der Waals surface area contributed by atoms with E-state index in [0.29, 0.717) is 0 Å². The average Bonchev–Trinajstić information content (AvgIpc) is 2.53. The molecule has 0 fully saturated rings. The van der Waals surface area contributed by atoms with E-state index in [0.717, 1.165) is 16.8 Å². The lowest BCUT2D eigenvalue weighted by Gasteiger charge is -2.10. The van der Waals surface area contributed by atoms with Crippen LogP contribution in [0.25, 0.3) is 10.8 Å². The fourth-order valence-corrected chi connectivity index (χ4v) is 2.08. The van der Waals surface area contributed by atoms with Crippen molar-refractivity contribution in [1.29, 1.82) is 0 Å². The van der Waals surface area contributed by atoms with Crippen LogP contribution in [0.15, 0.2) is 66.7 Å². The number of benzene rings is 3. The summed E-state index contributed by atoms with van der Waals surface area (Å²) in [5, 5.41) is 12.9. The number of hydrogen-bond acceptors (Lipinski definition) is 4. The van der Waals surface area contributed by atoms with Crippen LogP contribution in [0.5, 0.6) is 0 Å². The minimum Gasteiger partial charge on any atom is -0.301 e. The number of nitrogens with zero attached hydrogens (tertiary/aromatic N) is 1. The molecule has 0 aliphatic rings. The van der Waals surface area contributed by atoms with Crippen molar-refractivity contribution in [1.82, 2.24) is 0 Å². The second-order valence-corrected chi connectivity index (χ2v) is 4.62. The van der Waals surface area contributed by atoms with Crippen LogP contribution in [0.1, 0.15) is 0 Å². The van der Waals surface area contributed by atoms with Gasteiger partial charge < -0.3 is 10.9 Å². The standard InChI is InChI=1S/C16H13N3O2/c20-19(21)16-9-7-14(8-10-16)17-18-15-6-5-12-3-1-2-4-13(12)11-15/h1-11,17-18H. The Morgan fingerprint density at radius 1 is 0.762 bits per heavy atom. The number of non-ortho nitro benzene ring substituents is 1. The van der Waals surface area contributed by atoms with Gasteiger partial charge in [-0.2, -0.15) is 0 Å². The molecule has 5 nitrogen and oxygen atoms in total. The summed E-state index contributed by atoms with van der Waals surface area (Å²) in [4.78, 5) is 10.2. The quantitative estimate of drug-likeness (QED) is 0.555. The molecule has 104 valence electrons. The molecule has 21 heavy (non-hydrogen) atoms. The Bertz CT molecular complexity index is 785. The number of nitrogens with one attached hydrogen (secondary N) is 2. The van der Waals surface area contributed by atoms with E-state index in [4.69, 9.17) is 0 Å². The van der Waals surface area contributed by atoms with Gasteiger partial charge in [-0.1, -0.05) is 30.3 Å². The molecule has 3 aromatic carbocycles. The van der Waals surface area contributed by atoms with Crippen molar-refractivity contribution in [2.45, 2.75) is 0 Å². The van der Waals surface area contributed by atoms with E-state index in [2.05, 4.69) is 16.9 Å². The van der Waals surface area contributed by atoms with Crippen LogP contribution < -0.4 is 10.9 Å². The summed E-state index contributed by atoms with van der Waals surface area (Å²) in [7, 11) is 0. The number of rotatable bonds is 4. The molecule has 3 rings (SSSR count). The highest BCUT2D eigenvalue weighted by Gasteiger charge is 2.03. The summed E-state index contributed by atoms with van der Waals surface area (Å²) >= 11 is 0. The highest BCUT2D eigenvalue weighted by molar-refractivity contribution is 5.85. The maximum atomic E-state index is 10.6. The molecule has 0 radical (unpaired) electrons. The van der Waals surface area contributed by atoms with E-state index >= 15 is 0 Å². The Kier molecular flexibility index (Phi) is 3.39. The second-order valence-electron chi connectivity index (χ2n) is 4.62. The Morgan fingerprint density at radius 3 is 2.10 bits per heavy atom. The first-order valence-electron chi connectivity index (χ1n) is 6.48. The highest BCUT2D eigenvalue weighted by atomic mass is 16.6. The van der Waals surface area contributed by atoms with Crippen molar-refractivity contribution >= 4 is 27.8 Å². The molecule has 0 bridgehead atoms. The molecular formula is C16H13N3O2. The summed E-state index contributed by atoms with van der Waals surface area (Å²) in [5.41, 5.74) is 7.86. The lowest BCUT2D eigenvalue weighted by molar-refractivity contribution is -0.384. The molecule has 0 aliphatic heterocycles. The lowest BCUT2D eigenvalue weighted by atomic mass is 10.1. The van der Waals surface area contributed by atoms with Gasteiger partial charge in [0.05, 0.1) is 16.3 Å². The van der Waals surface area contributed by atoms with Gasteiger partial charge in [-0.3, -0.25) is 10.1 Å². The zero-order chi connectivity index (χ0) is 14.7. The molecule has 0 spiro atoms. The molecule has 0 heterocycles. The smallest absolute Gasteiger partial charge is 0.269 e. The SMILES string of the molecule is O=[N+]([O-])c1ccc(NNc2ccc3ccccc3c2)cc1. The third-order valence-corrected chi connectivity index (χ3v) is 3.18. The van der Waals surface area contributed by atoms with Crippen molar-refractivity contribution in [2.75, 3.05) is 10.9 Å². The maximum Gasteiger partial charge on any atom is 0.269 e. The van der Waals surface area contributed by atoms with Gasteiger partial charge in [0.15, 0.2) is 0 Å². The first kappa shape index (κ1) is 12.9. The first-order chi connectivity index (χ1) is 10.2. The van der Waals surface area contributed by atoms with Gasteiger partial charge in [0.25, 0.3) is 5.69 Å². The average molecular weight is 279 g/mol. The second kappa shape index (κ2) is 5.50. The lowest BCUT2D eigenvalue weighted by Crippen LogP contribution is -2.08. The first-order valence-corrected chi connectivity index (χ1v) is 6.48. The fraction of sp³-hybridized carbons (Fsp3) is 0. The molecule has 0 amide bonds. The normalized spacial score (nSPS) is 10.3. The third-order valence-electron chi connectivity index (χ3n) is 3.18. The van der Waals surface area contributed by atoms with Crippen molar-refractivity contribution in [3.05, 3.63) is 76.8 Å². The number of hydrogen-bond donors (Lipinski definition) is 2. The van der Waals surface area contributed by atoms with Gasteiger partial charge in [-0.05, 0) is 35.0 Å². The van der Waals surface area contributed by atoms with Crippen LogP contribution in [0, 0.1) is 10.1 Å². The monoisotopic (exact) mass is 279 g/mol. The molecule has 2 N–H and O–H groups in total. The van der Waals surface area contributed by atoms with Crippen LogP contribution in [0.3, 0.4) is 0 Å². The van der Waals surface area contributed by atoms with E-state index in [1.165, 1.54) is 17.5 Å². The van der Waals surface area contributed by atoms with Gasteiger partial charge in [0.2, 0.25) is 0 Å². The molecule has 0 aliphatic carbocycles. The summed E-state index contributed by atoms with van der Waals surface area (Å²) in [6, 6.07) is 20.4. The maximum absolute atomic E-state index is 10.6. The number of anilines is 2. The molecule has 0 unspecified atom stereocenters. The summed E-state index contributed by atoms with van der Waals surface area (Å²) in [5.74, 6) is 0. The Hall–Kier alpha value is -3.08. The number of nitro benzene ring substituents is 1. The molecule has 3 aromatic rings. The number of hydrazine groups is 1. The van der Waals surface area contributed by atoms with Crippen LogP contribution in [-0.4, -0.2) is 4.92 Å². The fourth-order valence-electron chi connectivity index (χ4n) is 2.08. The zero-order valence-corrected chi connectivity index (χ0v) is 11.1. The summed E-state index contributed by atoms with van der Waals surface area (Å²) in [6.45, 7) is 0. The summed E-state index contributed by atoms with van der Waals surface area (Å²) in [6.07, 6.45) is 0. The Morgan fingerprint density at radius 2 is 1.38 bits per heavy atom. The van der Waals surface area contributed by atoms with E-state index in [1.54, 1.807) is 12.1 Å². The molecular weight excluding hydrogens is 266 g/mol. The third kappa shape index (κ3) is 2.92. The predicted molar refractivity (Wildman–Crippen MR) is 84.3 cm³/mol. The predicted octanol–water partition coefficient (Wildman–Crippen LogP) is 4.19. The van der Waals surface area contributed by atoms with E-state index in [1.807, 2.05) is 36.4 Å². The molecule has 5 heteroatoms. The van der Waals surface area contributed by atoms with Crippen molar-refractivity contribution < 1.29 is 4.92 Å². The molecule has 0 saturated carbocycles. The van der Waals surface area contributed by atoms with Crippen molar-refractivity contribution in [2.24, 2.45) is 0 Å². The van der Waals surface area contributed by atoms with Crippen LogP contribution in [0.2, 0.25) is 0 Å². The highest BCUT2D eigenvalue weighted by Crippen LogP contribution is 2.20. The van der Waals surface area contributed by atoms with Gasteiger partial charge in [-0.15, -0.1) is 0 Å². The number of fused-ring (bicyclic) bond motifs is 1. The molecule has 0 aromatic heterocycles.